The van der Waals surface area contributed by atoms with E-state index in [1.807, 2.05) is 48.5 Å². The van der Waals surface area contributed by atoms with E-state index >= 15 is 0 Å². The van der Waals surface area contributed by atoms with Crippen molar-refractivity contribution in [3.63, 3.8) is 0 Å². The van der Waals surface area contributed by atoms with Gasteiger partial charge in [-0.1, -0.05) is 115 Å². The summed E-state index contributed by atoms with van der Waals surface area (Å²) in [6.45, 7) is 8.22. The Labute approximate surface area is 277 Å². The molecule has 4 heteroatoms. The van der Waals surface area contributed by atoms with Crippen LogP contribution in [-0.4, -0.2) is 9.13 Å². The predicted molar refractivity (Wildman–Crippen MR) is 197 cm³/mol. The summed E-state index contributed by atoms with van der Waals surface area (Å²) in [5, 5.41) is 14.8. The fourth-order valence-electron chi connectivity index (χ4n) is 7.39. The van der Waals surface area contributed by atoms with E-state index in [2.05, 4.69) is 129 Å². The first-order chi connectivity index (χ1) is 23.8. The number of benzene rings is 7. The van der Waals surface area contributed by atoms with Crippen LogP contribution < -0.4 is 0 Å². The van der Waals surface area contributed by atoms with Gasteiger partial charge in [0.05, 0.1) is 39.9 Å². The maximum atomic E-state index is 10.2. The molecule has 0 saturated heterocycles. The molecule has 2 aromatic heterocycles. The van der Waals surface area contributed by atoms with Gasteiger partial charge in [0.1, 0.15) is 6.07 Å². The number of nitriles is 1. The molecule has 222 valence electrons. The molecule has 0 atom stereocenters. The third kappa shape index (κ3) is 4.01. The van der Waals surface area contributed by atoms with Crippen molar-refractivity contribution in [2.24, 2.45) is 0 Å². The van der Waals surface area contributed by atoms with E-state index in [1.165, 1.54) is 21.8 Å². The van der Waals surface area contributed by atoms with Crippen LogP contribution >= 0.6 is 0 Å². The highest BCUT2D eigenvalue weighted by Crippen LogP contribution is 2.44. The number of fused-ring (bicyclic) bond motifs is 6. The van der Waals surface area contributed by atoms with Crippen molar-refractivity contribution in [3.05, 3.63) is 175 Å². The smallest absolute Gasteiger partial charge is 0.195 e. The molecule has 0 aliphatic rings. The van der Waals surface area contributed by atoms with Gasteiger partial charge >= 0.3 is 0 Å². The zero-order valence-electron chi connectivity index (χ0n) is 25.8. The van der Waals surface area contributed by atoms with Crippen molar-refractivity contribution in [2.75, 3.05) is 0 Å². The standard InChI is InChI=1S/C44H26N4/c1-46-38-19-11-17-32(29-24-26-31(27-25-29)47-39-20-6-2-13-33(39)34-14-3-7-21-40(34)47)43(38)37-16-5-9-23-42(37)48-41-22-8-4-15-35(41)36-18-10-12-30(28-45)44(36)48/h2-27H. The quantitative estimate of drug-likeness (QED) is 0.183. The van der Waals surface area contributed by atoms with Gasteiger partial charge in [-0.3, -0.25) is 0 Å². The first kappa shape index (κ1) is 27.4. The maximum Gasteiger partial charge on any atom is 0.195 e. The molecule has 0 unspecified atom stereocenters. The van der Waals surface area contributed by atoms with E-state index in [1.54, 1.807) is 0 Å². The summed E-state index contributed by atoms with van der Waals surface area (Å²) in [6, 6.07) is 56.5. The van der Waals surface area contributed by atoms with Gasteiger partial charge in [0.2, 0.25) is 0 Å². The van der Waals surface area contributed by atoms with Crippen LogP contribution in [0.4, 0.5) is 5.69 Å². The van der Waals surface area contributed by atoms with E-state index in [-0.39, 0.29) is 0 Å². The lowest BCUT2D eigenvalue weighted by molar-refractivity contribution is 1.18. The van der Waals surface area contributed by atoms with Crippen molar-refractivity contribution >= 4 is 49.3 Å². The molecule has 4 nitrogen and oxygen atoms in total. The third-order valence-corrected chi connectivity index (χ3v) is 9.41. The highest BCUT2D eigenvalue weighted by molar-refractivity contribution is 6.12. The number of hydrogen-bond acceptors (Lipinski definition) is 1. The Bertz CT molecular complexity index is 2750. The fraction of sp³-hybridized carbons (Fsp3) is 0. The van der Waals surface area contributed by atoms with Crippen LogP contribution in [0.3, 0.4) is 0 Å². The highest BCUT2D eigenvalue weighted by Gasteiger charge is 2.21. The summed E-state index contributed by atoms with van der Waals surface area (Å²) in [5.41, 5.74) is 11.2. The fourth-order valence-corrected chi connectivity index (χ4v) is 7.39. The second-order valence-corrected chi connectivity index (χ2v) is 11.9. The van der Waals surface area contributed by atoms with E-state index in [0.29, 0.717) is 11.3 Å². The van der Waals surface area contributed by atoms with Crippen molar-refractivity contribution in [1.82, 2.24) is 9.13 Å². The summed E-state index contributed by atoms with van der Waals surface area (Å²) in [7, 11) is 0. The van der Waals surface area contributed by atoms with Gasteiger partial charge in [-0.15, -0.1) is 0 Å². The lowest BCUT2D eigenvalue weighted by atomic mass is 9.91. The van der Waals surface area contributed by atoms with E-state index < -0.39 is 0 Å². The topological polar surface area (TPSA) is 38.0 Å². The zero-order chi connectivity index (χ0) is 32.2. The van der Waals surface area contributed by atoms with Crippen molar-refractivity contribution in [2.45, 2.75) is 0 Å². The first-order valence-electron chi connectivity index (χ1n) is 15.9. The van der Waals surface area contributed by atoms with Crippen LogP contribution in [0.15, 0.2) is 158 Å². The van der Waals surface area contributed by atoms with Crippen LogP contribution in [0.5, 0.6) is 0 Å². The molecule has 0 N–H and O–H groups in total. The van der Waals surface area contributed by atoms with Gasteiger partial charge in [-0.05, 0) is 64.7 Å². The van der Waals surface area contributed by atoms with Crippen LogP contribution in [-0.2, 0) is 0 Å². The number of rotatable bonds is 4. The molecule has 0 radical (unpaired) electrons. The van der Waals surface area contributed by atoms with Gasteiger partial charge in [-0.25, -0.2) is 4.85 Å². The van der Waals surface area contributed by atoms with Crippen molar-refractivity contribution in [3.8, 4) is 39.7 Å². The van der Waals surface area contributed by atoms with E-state index in [4.69, 9.17) is 6.57 Å². The summed E-state index contributed by atoms with van der Waals surface area (Å²) in [4.78, 5) is 4.02. The van der Waals surface area contributed by atoms with E-state index in [0.717, 1.165) is 55.4 Å². The molecule has 48 heavy (non-hydrogen) atoms. The molecular formula is C44H26N4. The highest BCUT2D eigenvalue weighted by atomic mass is 15.0. The Morgan fingerprint density at radius 3 is 1.71 bits per heavy atom. The molecule has 0 aliphatic heterocycles. The Morgan fingerprint density at radius 2 is 1.04 bits per heavy atom. The number of nitrogens with zero attached hydrogens (tertiary/aromatic N) is 4. The molecule has 0 saturated carbocycles. The van der Waals surface area contributed by atoms with Gasteiger partial charge in [0, 0.05) is 27.2 Å². The zero-order valence-corrected chi connectivity index (χ0v) is 25.8. The van der Waals surface area contributed by atoms with Gasteiger partial charge in [-0.2, -0.15) is 5.26 Å². The predicted octanol–water partition coefficient (Wildman–Crippen LogP) is 11.6. The molecule has 7 aromatic carbocycles. The SMILES string of the molecule is [C-]#[N+]c1cccc(-c2ccc(-n3c4ccccc4c4ccccc43)cc2)c1-c1ccccc1-n1c2ccccc2c2cccc(C#N)c21. The van der Waals surface area contributed by atoms with Gasteiger partial charge < -0.3 is 9.13 Å². The monoisotopic (exact) mass is 610 g/mol. The molecule has 9 aromatic rings. The maximum absolute atomic E-state index is 10.2. The number of para-hydroxylation sites is 5. The lowest BCUT2D eigenvalue weighted by Crippen LogP contribution is -1.99. The number of hydrogen-bond donors (Lipinski definition) is 0. The lowest BCUT2D eigenvalue weighted by Gasteiger charge is -2.19. The first-order valence-corrected chi connectivity index (χ1v) is 15.9. The number of aromatic nitrogens is 2. The third-order valence-electron chi connectivity index (χ3n) is 9.41. The normalized spacial score (nSPS) is 11.3. The summed E-state index contributed by atoms with van der Waals surface area (Å²) in [5.74, 6) is 0. The van der Waals surface area contributed by atoms with Crippen molar-refractivity contribution < 1.29 is 0 Å². The van der Waals surface area contributed by atoms with Gasteiger partial charge in [0.25, 0.3) is 0 Å². The van der Waals surface area contributed by atoms with Crippen LogP contribution in [0, 0.1) is 17.9 Å². The summed E-state index contributed by atoms with van der Waals surface area (Å²) >= 11 is 0. The summed E-state index contributed by atoms with van der Waals surface area (Å²) < 4.78 is 4.50. The van der Waals surface area contributed by atoms with Crippen molar-refractivity contribution in [1.29, 1.82) is 5.26 Å². The molecule has 0 amide bonds. The molecule has 0 bridgehead atoms. The second-order valence-electron chi connectivity index (χ2n) is 11.9. The summed E-state index contributed by atoms with van der Waals surface area (Å²) in [6.07, 6.45) is 0. The molecule has 2 heterocycles. The Morgan fingerprint density at radius 1 is 0.500 bits per heavy atom. The molecule has 9 rings (SSSR count). The molecular weight excluding hydrogens is 585 g/mol. The average molecular weight is 611 g/mol. The molecule has 0 spiro atoms. The van der Waals surface area contributed by atoms with E-state index in [9.17, 15) is 5.26 Å². The average Bonchev–Trinajstić information content (AvgIpc) is 3.68. The Balaban J connectivity index is 1.26. The van der Waals surface area contributed by atoms with Gasteiger partial charge in [0.15, 0.2) is 5.69 Å². The minimum absolute atomic E-state index is 0.577. The second kappa shape index (κ2) is 10.9. The van der Waals surface area contributed by atoms with Crippen LogP contribution in [0.2, 0.25) is 0 Å². The minimum atomic E-state index is 0.577. The minimum Gasteiger partial charge on any atom is -0.309 e. The Kier molecular flexibility index (Phi) is 6.22. The molecule has 0 aliphatic carbocycles. The molecule has 0 fully saturated rings. The largest absolute Gasteiger partial charge is 0.309 e. The Hall–Kier alpha value is -6.88. The van der Waals surface area contributed by atoms with Crippen LogP contribution in [0.1, 0.15) is 5.56 Å². The van der Waals surface area contributed by atoms with Crippen LogP contribution in [0.25, 0.3) is 82.1 Å².